The number of benzene rings is 1. The molecule has 1 aromatic carbocycles. The molecule has 0 unspecified atom stereocenters. The van der Waals surface area contributed by atoms with Crippen molar-refractivity contribution in [3.8, 4) is 39.7 Å². The van der Waals surface area contributed by atoms with Crippen molar-refractivity contribution >= 4 is 21.9 Å². The minimum Gasteiger partial charge on any atom is -0.487 e. The van der Waals surface area contributed by atoms with Gasteiger partial charge in [0.25, 0.3) is 0 Å². The Morgan fingerprint density at radius 2 is 1.66 bits per heavy atom. The summed E-state index contributed by atoms with van der Waals surface area (Å²) in [6.45, 7) is 0.472. The van der Waals surface area contributed by atoms with Crippen LogP contribution >= 0.6 is 0 Å². The lowest BCUT2D eigenvalue weighted by Crippen LogP contribution is -1.96. The molecule has 7 rings (SSSR count). The van der Waals surface area contributed by atoms with Crippen LogP contribution in [0.2, 0.25) is 0 Å². The third kappa shape index (κ3) is 4.04. The quantitative estimate of drug-likeness (QED) is 0.284. The van der Waals surface area contributed by atoms with Crippen LogP contribution < -0.4 is 4.74 Å². The zero-order valence-electron chi connectivity index (χ0n) is 20.2. The summed E-state index contributed by atoms with van der Waals surface area (Å²) in [5, 5.41) is 8.71. The summed E-state index contributed by atoms with van der Waals surface area (Å²) >= 11 is 0. The highest BCUT2D eigenvalue weighted by Crippen LogP contribution is 2.33. The highest BCUT2D eigenvalue weighted by Gasteiger charge is 2.16. The summed E-state index contributed by atoms with van der Waals surface area (Å²) in [5.74, 6) is 0.686. The van der Waals surface area contributed by atoms with Gasteiger partial charge in [-0.15, -0.1) is 0 Å². The highest BCUT2D eigenvalue weighted by molar-refractivity contribution is 5.99. The molecule has 0 aliphatic carbocycles. The minimum absolute atomic E-state index is 0.472. The van der Waals surface area contributed by atoms with Gasteiger partial charge in [-0.25, -0.2) is 4.98 Å². The first-order valence-corrected chi connectivity index (χ1v) is 12.2. The van der Waals surface area contributed by atoms with E-state index in [0.29, 0.717) is 12.4 Å². The van der Waals surface area contributed by atoms with Crippen LogP contribution in [0.15, 0.2) is 104 Å². The van der Waals surface area contributed by atoms with Crippen molar-refractivity contribution < 1.29 is 4.74 Å². The van der Waals surface area contributed by atoms with Gasteiger partial charge in [-0.3, -0.25) is 20.1 Å². The van der Waals surface area contributed by atoms with Gasteiger partial charge in [0.2, 0.25) is 0 Å². The van der Waals surface area contributed by atoms with E-state index in [-0.39, 0.29) is 0 Å². The van der Waals surface area contributed by atoms with Crippen LogP contribution in [0, 0.1) is 0 Å². The van der Waals surface area contributed by atoms with Gasteiger partial charge in [-0.1, -0.05) is 36.4 Å². The van der Waals surface area contributed by atoms with Gasteiger partial charge in [0.1, 0.15) is 23.6 Å². The Morgan fingerprint density at radius 3 is 2.55 bits per heavy atom. The number of H-pyrrole nitrogens is 2. The second-order valence-electron chi connectivity index (χ2n) is 8.89. The molecule has 0 radical (unpaired) electrons. The molecule has 0 saturated carbocycles. The fraction of sp³-hybridized carbons (Fsp3) is 0.0333. The van der Waals surface area contributed by atoms with E-state index in [0.717, 1.165) is 61.4 Å². The Bertz CT molecular complexity index is 1880. The van der Waals surface area contributed by atoms with Crippen molar-refractivity contribution in [3.63, 3.8) is 0 Å². The van der Waals surface area contributed by atoms with E-state index >= 15 is 0 Å². The fourth-order valence-electron chi connectivity index (χ4n) is 4.53. The Labute approximate surface area is 217 Å². The van der Waals surface area contributed by atoms with E-state index in [9.17, 15) is 0 Å². The van der Waals surface area contributed by atoms with Crippen LogP contribution in [0.4, 0.5) is 0 Å². The summed E-state index contributed by atoms with van der Waals surface area (Å²) in [5.41, 5.74) is 8.65. The average Bonchev–Trinajstić information content (AvgIpc) is 3.61. The van der Waals surface area contributed by atoms with Gasteiger partial charge in [0, 0.05) is 35.1 Å². The molecule has 6 aromatic heterocycles. The van der Waals surface area contributed by atoms with Crippen molar-refractivity contribution in [2.75, 3.05) is 0 Å². The molecule has 0 atom stereocenters. The first-order chi connectivity index (χ1) is 18.8. The van der Waals surface area contributed by atoms with E-state index in [1.165, 1.54) is 0 Å². The minimum atomic E-state index is 0.472. The zero-order valence-corrected chi connectivity index (χ0v) is 20.2. The van der Waals surface area contributed by atoms with Crippen LogP contribution in [0.3, 0.4) is 0 Å². The number of aromatic amines is 2. The van der Waals surface area contributed by atoms with E-state index in [1.54, 1.807) is 18.6 Å². The molecule has 2 N–H and O–H groups in total. The van der Waals surface area contributed by atoms with Gasteiger partial charge >= 0.3 is 0 Å². The molecule has 0 amide bonds. The molecular formula is C30H21N7O. The molecule has 0 aliphatic heterocycles. The van der Waals surface area contributed by atoms with Gasteiger partial charge in [0.15, 0.2) is 0 Å². The predicted molar refractivity (Wildman–Crippen MR) is 146 cm³/mol. The van der Waals surface area contributed by atoms with Crippen molar-refractivity contribution in [1.82, 2.24) is 35.1 Å². The van der Waals surface area contributed by atoms with Crippen molar-refractivity contribution in [1.29, 1.82) is 0 Å². The first-order valence-electron chi connectivity index (χ1n) is 12.2. The third-order valence-electron chi connectivity index (χ3n) is 6.41. The van der Waals surface area contributed by atoms with E-state index < -0.39 is 0 Å². The molecule has 0 aliphatic rings. The Morgan fingerprint density at radius 1 is 0.763 bits per heavy atom. The predicted octanol–water partition coefficient (Wildman–Crippen LogP) is 6.20. The van der Waals surface area contributed by atoms with Crippen molar-refractivity contribution in [2.45, 2.75) is 6.61 Å². The van der Waals surface area contributed by atoms with E-state index in [4.69, 9.17) is 9.72 Å². The Hall–Kier alpha value is -5.37. The first kappa shape index (κ1) is 21.9. The van der Waals surface area contributed by atoms with Crippen LogP contribution in [0.5, 0.6) is 5.75 Å². The molecular weight excluding hydrogens is 474 g/mol. The second-order valence-corrected chi connectivity index (χ2v) is 8.89. The van der Waals surface area contributed by atoms with Crippen LogP contribution in [-0.2, 0) is 6.61 Å². The summed E-state index contributed by atoms with van der Waals surface area (Å²) in [6.07, 6.45) is 8.93. The van der Waals surface area contributed by atoms with Crippen molar-refractivity contribution in [2.24, 2.45) is 0 Å². The number of pyridine rings is 4. The SMILES string of the molecule is c1ccc(COc2cncc(-c3ccc4[nH]nc(-c5cc6c(-c7ccccn7)cncc6[nH]5)c4n3)c2)cc1. The number of nitrogens with one attached hydrogen (secondary N) is 2. The third-order valence-corrected chi connectivity index (χ3v) is 6.41. The molecule has 0 fully saturated rings. The summed E-state index contributed by atoms with van der Waals surface area (Å²) in [4.78, 5) is 21.7. The van der Waals surface area contributed by atoms with E-state index in [1.807, 2.05) is 79.1 Å². The highest BCUT2D eigenvalue weighted by atomic mass is 16.5. The van der Waals surface area contributed by atoms with Crippen LogP contribution in [0.25, 0.3) is 55.8 Å². The molecule has 7 aromatic rings. The lowest BCUT2D eigenvalue weighted by atomic mass is 10.1. The van der Waals surface area contributed by atoms with Gasteiger partial charge in [-0.2, -0.15) is 5.10 Å². The second kappa shape index (κ2) is 9.25. The zero-order chi connectivity index (χ0) is 25.3. The molecule has 8 heteroatoms. The molecule has 8 nitrogen and oxygen atoms in total. The molecule has 182 valence electrons. The van der Waals surface area contributed by atoms with Crippen LogP contribution in [0.1, 0.15) is 5.56 Å². The largest absolute Gasteiger partial charge is 0.487 e. The lowest BCUT2D eigenvalue weighted by molar-refractivity contribution is 0.305. The normalized spacial score (nSPS) is 11.3. The average molecular weight is 496 g/mol. The Kier molecular flexibility index (Phi) is 5.33. The molecule has 38 heavy (non-hydrogen) atoms. The molecule has 6 heterocycles. The standard InChI is InChI=1S/C30H21N7O/c1-2-6-19(7-3-1)18-38-21-12-20(14-31-15-21)24-9-10-26-29(35-24)30(37-36-26)27-13-22-23(16-32-17-28(22)34-27)25-8-4-5-11-33-25/h1-17,34H,18H2,(H,36,37). The number of fused-ring (bicyclic) bond motifs is 2. The Balaban J connectivity index is 1.24. The molecule has 0 bridgehead atoms. The topological polar surface area (TPSA) is 105 Å². The summed E-state index contributed by atoms with van der Waals surface area (Å²) in [6, 6.07) is 23.9. The maximum absolute atomic E-state index is 5.98. The maximum atomic E-state index is 5.98. The summed E-state index contributed by atoms with van der Waals surface area (Å²) < 4.78 is 5.98. The number of aromatic nitrogens is 7. The van der Waals surface area contributed by atoms with E-state index in [2.05, 4.69) is 36.2 Å². The number of hydrogen-bond donors (Lipinski definition) is 2. The monoisotopic (exact) mass is 495 g/mol. The van der Waals surface area contributed by atoms with Crippen LogP contribution in [-0.4, -0.2) is 35.1 Å². The van der Waals surface area contributed by atoms with Gasteiger partial charge in [-0.05, 0) is 42.0 Å². The number of ether oxygens (including phenoxy) is 1. The van der Waals surface area contributed by atoms with Gasteiger partial charge in [0.05, 0.1) is 40.5 Å². The number of rotatable bonds is 6. The number of nitrogens with zero attached hydrogens (tertiary/aromatic N) is 5. The molecule has 0 saturated heterocycles. The maximum Gasteiger partial charge on any atom is 0.138 e. The summed E-state index contributed by atoms with van der Waals surface area (Å²) in [7, 11) is 0. The lowest BCUT2D eigenvalue weighted by Gasteiger charge is -2.08. The smallest absolute Gasteiger partial charge is 0.138 e. The molecule has 0 spiro atoms. The van der Waals surface area contributed by atoms with Gasteiger partial charge < -0.3 is 9.72 Å². The van der Waals surface area contributed by atoms with Crippen molar-refractivity contribution in [3.05, 3.63) is 109 Å². The fourth-order valence-corrected chi connectivity index (χ4v) is 4.53. The number of hydrogen-bond acceptors (Lipinski definition) is 6.